The molecule has 0 saturated heterocycles. The van der Waals surface area contributed by atoms with Crippen molar-refractivity contribution in [1.29, 1.82) is 0 Å². The highest BCUT2D eigenvalue weighted by Crippen LogP contribution is 2.31. The Labute approximate surface area is 185 Å². The van der Waals surface area contributed by atoms with Crippen LogP contribution in [0.2, 0.25) is 0 Å². The van der Waals surface area contributed by atoms with E-state index in [0.717, 1.165) is 33.5 Å². The van der Waals surface area contributed by atoms with Gasteiger partial charge >= 0.3 is 0 Å². The van der Waals surface area contributed by atoms with Gasteiger partial charge in [0.1, 0.15) is 17.2 Å². The molecule has 0 aliphatic carbocycles. The molecule has 0 aliphatic rings. The summed E-state index contributed by atoms with van der Waals surface area (Å²) >= 11 is 0. The summed E-state index contributed by atoms with van der Waals surface area (Å²) in [7, 11) is 4.69. The predicted molar refractivity (Wildman–Crippen MR) is 125 cm³/mol. The highest BCUT2D eigenvalue weighted by molar-refractivity contribution is 6.06. The fourth-order valence-corrected chi connectivity index (χ4v) is 3.44. The van der Waals surface area contributed by atoms with Crippen LogP contribution in [-0.2, 0) is 0 Å². The Morgan fingerprint density at radius 1 is 0.875 bits per heavy atom. The van der Waals surface area contributed by atoms with Gasteiger partial charge in [0.2, 0.25) is 0 Å². The number of amides is 1. The van der Waals surface area contributed by atoms with Crippen LogP contribution in [-0.4, -0.2) is 38.4 Å². The first-order valence-corrected chi connectivity index (χ1v) is 9.94. The van der Waals surface area contributed by atoms with Crippen LogP contribution in [0.15, 0.2) is 71.8 Å². The van der Waals surface area contributed by atoms with Gasteiger partial charge in [-0.25, -0.2) is 5.43 Å². The maximum Gasteiger partial charge on any atom is 0.271 e. The van der Waals surface area contributed by atoms with Crippen LogP contribution < -0.4 is 19.6 Å². The summed E-state index contributed by atoms with van der Waals surface area (Å²) in [5, 5.41) is 5.16. The number of carbonyl (C=O) groups excluding carboxylic acids is 1. The molecule has 0 bridgehead atoms. The first-order chi connectivity index (χ1) is 15.6. The van der Waals surface area contributed by atoms with Crippen molar-refractivity contribution in [2.75, 3.05) is 21.3 Å². The third-order valence-electron chi connectivity index (χ3n) is 5.08. The normalized spacial score (nSPS) is 11.0. The van der Waals surface area contributed by atoms with E-state index in [2.05, 4.69) is 15.5 Å². The Kier molecular flexibility index (Phi) is 6.07. The minimum Gasteiger partial charge on any atom is -0.497 e. The summed E-state index contributed by atoms with van der Waals surface area (Å²) in [6.07, 6.45) is 1.63. The van der Waals surface area contributed by atoms with Gasteiger partial charge in [0.15, 0.2) is 0 Å². The largest absolute Gasteiger partial charge is 0.497 e. The summed E-state index contributed by atoms with van der Waals surface area (Å²) in [5.74, 6) is 1.40. The third-order valence-corrected chi connectivity index (χ3v) is 5.08. The molecule has 162 valence electrons. The van der Waals surface area contributed by atoms with Crippen molar-refractivity contribution in [1.82, 2.24) is 10.4 Å². The fraction of sp³-hybridized carbons (Fsp3) is 0.120. The lowest BCUT2D eigenvalue weighted by atomic mass is 10.1. The molecule has 0 atom stereocenters. The Bertz CT molecular complexity index is 1260. The number of aromatic amines is 1. The maximum absolute atomic E-state index is 12.7. The smallest absolute Gasteiger partial charge is 0.271 e. The molecule has 3 aromatic carbocycles. The summed E-state index contributed by atoms with van der Waals surface area (Å²) in [6.45, 7) is 0. The SMILES string of the molecule is COc1cc(OC)cc(C(=O)N/N=C\c2c(-c3ccccc3)[nH]c3ccc(OC)cc23)c1. The van der Waals surface area contributed by atoms with Crippen LogP contribution in [0, 0.1) is 0 Å². The topological polar surface area (TPSA) is 84.9 Å². The quantitative estimate of drug-likeness (QED) is 0.332. The number of aromatic nitrogens is 1. The zero-order valence-electron chi connectivity index (χ0n) is 18.0. The van der Waals surface area contributed by atoms with Crippen LogP contribution >= 0.6 is 0 Å². The Morgan fingerprint density at radius 2 is 1.56 bits per heavy atom. The predicted octanol–water partition coefficient (Wildman–Crippen LogP) is 4.62. The second kappa shape index (κ2) is 9.26. The van der Waals surface area contributed by atoms with Gasteiger partial charge in [-0.2, -0.15) is 5.10 Å². The molecule has 7 nitrogen and oxygen atoms in total. The van der Waals surface area contributed by atoms with E-state index in [4.69, 9.17) is 14.2 Å². The number of hydrazone groups is 1. The van der Waals surface area contributed by atoms with Crippen LogP contribution in [0.5, 0.6) is 17.2 Å². The number of H-pyrrole nitrogens is 1. The average Bonchev–Trinajstić information content (AvgIpc) is 3.21. The molecule has 1 aromatic heterocycles. The van der Waals surface area contributed by atoms with Gasteiger partial charge < -0.3 is 19.2 Å². The average molecular weight is 429 g/mol. The molecule has 0 aliphatic heterocycles. The monoisotopic (exact) mass is 429 g/mol. The standard InChI is InChI=1S/C25H23N3O4/c1-30-18-9-10-23-21(14-18)22(24(27-23)16-7-5-4-6-8-16)15-26-28-25(29)17-11-19(31-2)13-20(12-17)32-3/h4-15,27H,1-3H3,(H,28,29)/b26-15-. The zero-order chi connectivity index (χ0) is 22.5. The lowest BCUT2D eigenvalue weighted by Crippen LogP contribution is -2.17. The minimum atomic E-state index is -0.378. The Morgan fingerprint density at radius 3 is 2.22 bits per heavy atom. The molecule has 1 heterocycles. The van der Waals surface area contributed by atoms with E-state index in [9.17, 15) is 4.79 Å². The number of carbonyl (C=O) groups is 1. The molecule has 2 N–H and O–H groups in total. The van der Waals surface area contributed by atoms with Crippen molar-refractivity contribution < 1.29 is 19.0 Å². The molecule has 1 amide bonds. The highest BCUT2D eigenvalue weighted by Gasteiger charge is 2.13. The molecule has 32 heavy (non-hydrogen) atoms. The number of rotatable bonds is 7. The van der Waals surface area contributed by atoms with Gasteiger partial charge in [0, 0.05) is 28.1 Å². The van der Waals surface area contributed by atoms with E-state index in [0.29, 0.717) is 17.1 Å². The summed E-state index contributed by atoms with van der Waals surface area (Å²) in [5.41, 5.74) is 6.65. The number of nitrogens with one attached hydrogen (secondary N) is 2. The molecular formula is C25H23N3O4. The van der Waals surface area contributed by atoms with Crippen molar-refractivity contribution >= 4 is 23.0 Å². The molecule has 4 aromatic rings. The Hall–Kier alpha value is -4.26. The van der Waals surface area contributed by atoms with Gasteiger partial charge in [-0.1, -0.05) is 30.3 Å². The second-order valence-corrected chi connectivity index (χ2v) is 6.99. The molecular weight excluding hydrogens is 406 g/mol. The van der Waals surface area contributed by atoms with Gasteiger partial charge in [-0.05, 0) is 35.9 Å². The second-order valence-electron chi connectivity index (χ2n) is 6.99. The minimum absolute atomic E-state index is 0.377. The molecule has 0 radical (unpaired) electrons. The lowest BCUT2D eigenvalue weighted by Gasteiger charge is -2.07. The van der Waals surface area contributed by atoms with Crippen molar-refractivity contribution in [2.45, 2.75) is 0 Å². The summed E-state index contributed by atoms with van der Waals surface area (Å²) in [6, 6.07) is 20.7. The first-order valence-electron chi connectivity index (χ1n) is 9.94. The molecule has 0 fully saturated rings. The van der Waals surface area contributed by atoms with E-state index in [-0.39, 0.29) is 5.91 Å². The highest BCUT2D eigenvalue weighted by atomic mass is 16.5. The van der Waals surface area contributed by atoms with Crippen molar-refractivity contribution in [3.63, 3.8) is 0 Å². The van der Waals surface area contributed by atoms with Gasteiger partial charge in [0.05, 0.1) is 33.2 Å². The number of benzene rings is 3. The van der Waals surface area contributed by atoms with Crippen LogP contribution in [0.1, 0.15) is 15.9 Å². The summed E-state index contributed by atoms with van der Waals surface area (Å²) in [4.78, 5) is 16.1. The van der Waals surface area contributed by atoms with Gasteiger partial charge in [-0.3, -0.25) is 4.79 Å². The molecule has 0 spiro atoms. The molecule has 7 heteroatoms. The number of nitrogens with zero attached hydrogens (tertiary/aromatic N) is 1. The number of fused-ring (bicyclic) bond motifs is 1. The Balaban J connectivity index is 1.68. The molecule has 0 unspecified atom stereocenters. The number of hydrogen-bond donors (Lipinski definition) is 2. The van der Waals surface area contributed by atoms with E-state index in [1.807, 2.05) is 48.5 Å². The van der Waals surface area contributed by atoms with E-state index in [1.165, 1.54) is 14.2 Å². The number of hydrogen-bond acceptors (Lipinski definition) is 5. The summed E-state index contributed by atoms with van der Waals surface area (Å²) < 4.78 is 15.8. The van der Waals surface area contributed by atoms with E-state index in [1.54, 1.807) is 31.5 Å². The van der Waals surface area contributed by atoms with Crippen LogP contribution in [0.3, 0.4) is 0 Å². The first kappa shape index (κ1) is 21.0. The maximum atomic E-state index is 12.7. The van der Waals surface area contributed by atoms with Crippen molar-refractivity contribution in [2.24, 2.45) is 5.10 Å². The van der Waals surface area contributed by atoms with Gasteiger partial charge in [-0.15, -0.1) is 0 Å². The lowest BCUT2D eigenvalue weighted by molar-refractivity contribution is 0.0954. The van der Waals surface area contributed by atoms with E-state index >= 15 is 0 Å². The van der Waals surface area contributed by atoms with Crippen molar-refractivity contribution in [3.8, 4) is 28.5 Å². The zero-order valence-corrected chi connectivity index (χ0v) is 18.0. The number of methoxy groups -OCH3 is 3. The molecule has 4 rings (SSSR count). The fourth-order valence-electron chi connectivity index (χ4n) is 3.44. The number of ether oxygens (including phenoxy) is 3. The van der Waals surface area contributed by atoms with Crippen molar-refractivity contribution in [3.05, 3.63) is 77.9 Å². The van der Waals surface area contributed by atoms with Crippen LogP contribution in [0.4, 0.5) is 0 Å². The third kappa shape index (κ3) is 4.27. The van der Waals surface area contributed by atoms with E-state index < -0.39 is 0 Å². The van der Waals surface area contributed by atoms with Gasteiger partial charge in [0.25, 0.3) is 5.91 Å². The molecule has 0 saturated carbocycles. The van der Waals surface area contributed by atoms with Crippen LogP contribution in [0.25, 0.3) is 22.2 Å².